The molecule has 0 amide bonds. The highest BCUT2D eigenvalue weighted by Crippen LogP contribution is 2.45. The standard InChI is InChI=1S/C35H21B5/c1-20(33(38)35(40)34(39)30(37)19-36)31-25-14-6-8-16-27(25)32(28-17-9-7-15-26(28)31)29-18-21-10-2-3-11-22(21)23-12-4-5-13-24(23)29/h2-18H,1,19H2/b34-30-,35-33-. The maximum atomic E-state index is 6.60. The van der Waals surface area contributed by atoms with Gasteiger partial charge < -0.3 is 0 Å². The van der Waals surface area contributed by atoms with Crippen molar-refractivity contribution in [3.63, 3.8) is 0 Å². The maximum Gasteiger partial charge on any atom is 0.113 e. The Hall–Kier alpha value is -4.10. The molecular weight excluding hydrogens is 474 g/mol. The van der Waals surface area contributed by atoms with Gasteiger partial charge in [-0.2, -0.15) is 0 Å². The fourth-order valence-corrected chi connectivity index (χ4v) is 5.73. The van der Waals surface area contributed by atoms with Gasteiger partial charge in [-0.25, -0.2) is 0 Å². The summed E-state index contributed by atoms with van der Waals surface area (Å²) in [5.74, 6) is 0. The van der Waals surface area contributed by atoms with E-state index < -0.39 is 0 Å². The summed E-state index contributed by atoms with van der Waals surface area (Å²) < 4.78 is 0. The molecular formula is C35H21B5. The zero-order valence-electron chi connectivity index (χ0n) is 22.1. The lowest BCUT2D eigenvalue weighted by Gasteiger charge is -2.22. The molecule has 6 rings (SSSR count). The van der Waals surface area contributed by atoms with Crippen LogP contribution in [0, 0.1) is 0 Å². The van der Waals surface area contributed by atoms with E-state index in [1.54, 1.807) is 0 Å². The molecule has 0 unspecified atom stereocenters. The van der Waals surface area contributed by atoms with Crippen molar-refractivity contribution in [3.05, 3.63) is 137 Å². The minimum absolute atomic E-state index is 0.0760. The van der Waals surface area contributed by atoms with E-state index in [9.17, 15) is 0 Å². The molecule has 0 saturated heterocycles. The van der Waals surface area contributed by atoms with Gasteiger partial charge in [0.15, 0.2) is 0 Å². The van der Waals surface area contributed by atoms with Crippen molar-refractivity contribution in [1.29, 1.82) is 0 Å². The van der Waals surface area contributed by atoms with Crippen LogP contribution in [-0.2, 0) is 0 Å². The molecule has 0 atom stereocenters. The Bertz CT molecular complexity index is 1990. The van der Waals surface area contributed by atoms with Crippen LogP contribution in [0.3, 0.4) is 0 Å². The molecule has 5 heteroatoms. The summed E-state index contributed by atoms with van der Waals surface area (Å²) in [5.41, 5.74) is 4.71. The van der Waals surface area contributed by atoms with Gasteiger partial charge >= 0.3 is 0 Å². The Morgan fingerprint density at radius 1 is 0.525 bits per heavy atom. The molecule has 10 radical (unpaired) electrons. The number of rotatable bonds is 5. The quantitative estimate of drug-likeness (QED) is 0.0997. The zero-order valence-corrected chi connectivity index (χ0v) is 22.1. The molecule has 0 aromatic heterocycles. The van der Waals surface area contributed by atoms with Crippen LogP contribution >= 0.6 is 0 Å². The fourth-order valence-electron chi connectivity index (χ4n) is 5.73. The molecule has 6 aromatic carbocycles. The largest absolute Gasteiger partial charge is 0.134 e. The number of hydrogen-bond acceptors (Lipinski definition) is 0. The summed E-state index contributed by atoms with van der Waals surface area (Å²) in [6.45, 7) is 4.39. The minimum Gasteiger partial charge on any atom is -0.134 e. The molecule has 0 nitrogen and oxygen atoms in total. The molecule has 40 heavy (non-hydrogen) atoms. The van der Waals surface area contributed by atoms with Gasteiger partial charge in [0.2, 0.25) is 0 Å². The molecule has 0 fully saturated rings. The molecule has 6 aromatic rings. The number of benzene rings is 6. The lowest BCUT2D eigenvalue weighted by Crippen LogP contribution is -2.03. The second-order valence-corrected chi connectivity index (χ2v) is 9.98. The zero-order chi connectivity index (χ0) is 28.0. The summed E-state index contributed by atoms with van der Waals surface area (Å²) in [7, 11) is 30.8. The van der Waals surface area contributed by atoms with E-state index in [1.807, 2.05) is 12.1 Å². The van der Waals surface area contributed by atoms with E-state index in [-0.39, 0.29) is 28.2 Å². The first-order valence-electron chi connectivity index (χ1n) is 13.2. The van der Waals surface area contributed by atoms with E-state index in [4.69, 9.17) is 39.2 Å². The second kappa shape index (κ2) is 10.5. The average molecular weight is 496 g/mol. The minimum atomic E-state index is 0.0760. The number of hydrogen-bond donors (Lipinski definition) is 0. The van der Waals surface area contributed by atoms with Crippen molar-refractivity contribution < 1.29 is 0 Å². The summed E-state index contributed by atoms with van der Waals surface area (Å²) in [4.78, 5) is 0. The molecule has 176 valence electrons. The van der Waals surface area contributed by atoms with Crippen LogP contribution in [-0.4, -0.2) is 39.2 Å². The Kier molecular flexibility index (Phi) is 6.84. The van der Waals surface area contributed by atoms with Crippen molar-refractivity contribution in [3.8, 4) is 11.1 Å². The SMILES string of the molecule is [B]C/C([B])=C([B])\C([B])=C(\[B])C(=C)c1c2ccccc2c(-c2cc3ccccc3c3ccccc23)c2ccccc12. The van der Waals surface area contributed by atoms with Crippen LogP contribution in [0.4, 0.5) is 0 Å². The van der Waals surface area contributed by atoms with Crippen molar-refractivity contribution in [2.24, 2.45) is 0 Å². The van der Waals surface area contributed by atoms with Crippen LogP contribution in [0.15, 0.2) is 132 Å². The number of fused-ring (bicyclic) bond motifs is 5. The Labute approximate surface area is 241 Å². The van der Waals surface area contributed by atoms with Gasteiger partial charge in [-0.3, -0.25) is 0 Å². The predicted molar refractivity (Wildman–Crippen MR) is 179 cm³/mol. The lowest BCUT2D eigenvalue weighted by atomic mass is 9.62. The molecule has 0 aliphatic heterocycles. The lowest BCUT2D eigenvalue weighted by molar-refractivity contribution is 1.58. The smallest absolute Gasteiger partial charge is 0.113 e. The van der Waals surface area contributed by atoms with E-state index in [0.29, 0.717) is 5.57 Å². The van der Waals surface area contributed by atoms with Crippen LogP contribution in [0.1, 0.15) is 5.56 Å². The van der Waals surface area contributed by atoms with Crippen molar-refractivity contribution in [2.75, 3.05) is 0 Å². The highest BCUT2D eigenvalue weighted by atomic mass is 14.2. The topological polar surface area (TPSA) is 0 Å². The van der Waals surface area contributed by atoms with Crippen molar-refractivity contribution in [2.45, 2.75) is 6.32 Å². The second-order valence-electron chi connectivity index (χ2n) is 9.98. The van der Waals surface area contributed by atoms with Gasteiger partial charge in [0.1, 0.15) is 31.4 Å². The van der Waals surface area contributed by atoms with Crippen LogP contribution in [0.25, 0.3) is 59.8 Å². The monoisotopic (exact) mass is 496 g/mol. The van der Waals surface area contributed by atoms with Gasteiger partial charge in [0.25, 0.3) is 0 Å². The van der Waals surface area contributed by atoms with E-state index in [1.165, 1.54) is 27.1 Å². The first-order chi connectivity index (χ1) is 19.4. The van der Waals surface area contributed by atoms with Gasteiger partial charge in [-0.15, -0.1) is 16.4 Å². The van der Waals surface area contributed by atoms with Crippen molar-refractivity contribution in [1.82, 2.24) is 0 Å². The third-order valence-corrected chi connectivity index (χ3v) is 7.74. The van der Waals surface area contributed by atoms with Crippen LogP contribution in [0.2, 0.25) is 6.32 Å². The molecule has 0 aliphatic rings. The van der Waals surface area contributed by atoms with E-state index >= 15 is 0 Å². The Morgan fingerprint density at radius 2 is 1.00 bits per heavy atom. The Balaban J connectivity index is 1.74. The molecule has 0 aliphatic carbocycles. The molecule has 0 saturated carbocycles. The summed E-state index contributed by atoms with van der Waals surface area (Å²) in [6, 6.07) is 36.1. The summed E-state index contributed by atoms with van der Waals surface area (Å²) >= 11 is 0. The average Bonchev–Trinajstić information content (AvgIpc) is 3.01. The van der Waals surface area contributed by atoms with Crippen LogP contribution < -0.4 is 0 Å². The van der Waals surface area contributed by atoms with Crippen LogP contribution in [0.5, 0.6) is 0 Å². The number of allylic oxidation sites excluding steroid dienone is 5. The molecule has 0 N–H and O–H groups in total. The van der Waals surface area contributed by atoms with Gasteiger partial charge in [0, 0.05) is 0 Å². The first-order valence-corrected chi connectivity index (χ1v) is 13.2. The fraction of sp³-hybridized carbons (Fsp3) is 0.0286. The maximum absolute atomic E-state index is 6.60. The first kappa shape index (κ1) is 26.1. The third kappa shape index (κ3) is 4.16. The summed E-state index contributed by atoms with van der Waals surface area (Å²) in [6.07, 6.45) is 0.0760. The Morgan fingerprint density at radius 3 is 1.57 bits per heavy atom. The predicted octanol–water partition coefficient (Wildman–Crippen LogP) is 7.66. The van der Waals surface area contributed by atoms with Gasteiger partial charge in [-0.05, 0) is 71.4 Å². The molecule has 0 spiro atoms. The normalized spacial score (nSPS) is 13.0. The molecule has 0 heterocycles. The van der Waals surface area contributed by atoms with Gasteiger partial charge in [0.05, 0.1) is 7.85 Å². The highest BCUT2D eigenvalue weighted by Gasteiger charge is 2.20. The van der Waals surface area contributed by atoms with Gasteiger partial charge in [-0.1, -0.05) is 115 Å². The van der Waals surface area contributed by atoms with Crippen molar-refractivity contribution >= 4 is 87.9 Å². The third-order valence-electron chi connectivity index (χ3n) is 7.74. The highest BCUT2D eigenvalue weighted by molar-refractivity contribution is 6.47. The van der Waals surface area contributed by atoms with E-state index in [0.717, 1.165) is 32.7 Å². The molecule has 0 bridgehead atoms. The van der Waals surface area contributed by atoms with E-state index in [2.05, 4.69) is 97.6 Å². The summed E-state index contributed by atoms with van der Waals surface area (Å²) in [5, 5.41) is 9.06.